The molecule has 1 heterocycles. The first-order valence-corrected chi connectivity index (χ1v) is 8.79. The molecule has 0 fully saturated rings. The molecule has 0 radical (unpaired) electrons. The van der Waals surface area contributed by atoms with E-state index >= 15 is 0 Å². The number of rotatable bonds is 7. The van der Waals surface area contributed by atoms with Gasteiger partial charge in [0.05, 0.1) is 6.33 Å². The molecule has 2 aromatic rings. The zero-order valence-corrected chi connectivity index (χ0v) is 17.0. The van der Waals surface area contributed by atoms with Gasteiger partial charge in [0.2, 0.25) is 0 Å². The Kier molecular flexibility index (Phi) is 9.77. The highest BCUT2D eigenvalue weighted by Gasteiger charge is 2.05. The monoisotopic (exact) mass is 463 g/mol. The van der Waals surface area contributed by atoms with Crippen molar-refractivity contribution in [2.75, 3.05) is 19.8 Å². The summed E-state index contributed by atoms with van der Waals surface area (Å²) in [5, 5.41) is 6.52. The fraction of sp³-hybridized carbons (Fsp3) is 0.375. The van der Waals surface area contributed by atoms with Crippen LogP contribution in [0.2, 0.25) is 0 Å². The lowest BCUT2D eigenvalue weighted by molar-refractivity contribution is 0.624. The van der Waals surface area contributed by atoms with Gasteiger partial charge in [-0.2, -0.15) is 11.8 Å². The number of halogens is 2. The third-order valence-electron chi connectivity index (χ3n) is 3.36. The van der Waals surface area contributed by atoms with Crippen LogP contribution < -0.4 is 10.6 Å². The topological polar surface area (TPSA) is 54.2 Å². The summed E-state index contributed by atoms with van der Waals surface area (Å²) in [6.45, 7) is 2.17. The molecule has 0 aliphatic carbocycles. The quantitative estimate of drug-likeness (QED) is 0.377. The zero-order chi connectivity index (χ0) is 16.5. The second-order valence-electron chi connectivity index (χ2n) is 5.00. The Bertz CT molecular complexity index is 633. The second kappa shape index (κ2) is 11.3. The van der Waals surface area contributed by atoms with Gasteiger partial charge >= 0.3 is 0 Å². The van der Waals surface area contributed by atoms with Gasteiger partial charge in [-0.3, -0.25) is 4.99 Å². The number of aromatic nitrogens is 2. The molecular formula is C16H23FIN5S. The summed E-state index contributed by atoms with van der Waals surface area (Å²) in [6.07, 6.45) is 7.48. The van der Waals surface area contributed by atoms with Crippen molar-refractivity contribution in [1.29, 1.82) is 0 Å². The van der Waals surface area contributed by atoms with Gasteiger partial charge in [0.1, 0.15) is 5.82 Å². The molecule has 0 unspecified atom stereocenters. The third-order valence-corrected chi connectivity index (χ3v) is 3.96. The van der Waals surface area contributed by atoms with Crippen LogP contribution in [0.1, 0.15) is 11.1 Å². The van der Waals surface area contributed by atoms with E-state index in [9.17, 15) is 4.39 Å². The number of hydrogen-bond acceptors (Lipinski definition) is 3. The smallest absolute Gasteiger partial charge is 0.191 e. The summed E-state index contributed by atoms with van der Waals surface area (Å²) in [6, 6.07) is 4.92. The van der Waals surface area contributed by atoms with Crippen LogP contribution in [0, 0.1) is 5.82 Å². The molecule has 0 saturated carbocycles. The second-order valence-corrected chi connectivity index (χ2v) is 5.87. The van der Waals surface area contributed by atoms with Crippen LogP contribution in [0.4, 0.5) is 4.39 Å². The molecule has 24 heavy (non-hydrogen) atoms. The van der Waals surface area contributed by atoms with Gasteiger partial charge in [0, 0.05) is 44.8 Å². The van der Waals surface area contributed by atoms with Crippen molar-refractivity contribution in [3.8, 4) is 0 Å². The SMILES string of the molecule is CN=C(NCCn1ccnc1)NCc1ccc(F)cc1CSC.I. The summed E-state index contributed by atoms with van der Waals surface area (Å²) in [7, 11) is 1.74. The van der Waals surface area contributed by atoms with Crippen molar-refractivity contribution >= 4 is 41.7 Å². The van der Waals surface area contributed by atoms with Crippen LogP contribution in [-0.2, 0) is 18.8 Å². The first-order chi connectivity index (χ1) is 11.2. The normalized spacial score (nSPS) is 11.0. The largest absolute Gasteiger partial charge is 0.355 e. The Morgan fingerprint density at radius 1 is 1.33 bits per heavy atom. The van der Waals surface area contributed by atoms with Crippen LogP contribution in [0.3, 0.4) is 0 Å². The van der Waals surface area contributed by atoms with Gasteiger partial charge in [-0.25, -0.2) is 9.37 Å². The standard InChI is InChI=1S/C16H22FN5S.HI/c1-18-16(20-6-8-22-7-5-19-12-22)21-10-13-3-4-15(17)9-14(13)11-23-2;/h3-5,7,9,12H,6,8,10-11H2,1-2H3,(H2,18,20,21);1H. The predicted molar refractivity (Wildman–Crippen MR) is 109 cm³/mol. The fourth-order valence-corrected chi connectivity index (χ4v) is 2.76. The summed E-state index contributed by atoms with van der Waals surface area (Å²) in [5.41, 5.74) is 2.09. The maximum absolute atomic E-state index is 13.4. The van der Waals surface area contributed by atoms with Gasteiger partial charge in [-0.1, -0.05) is 6.07 Å². The molecule has 0 saturated heterocycles. The molecule has 0 atom stereocenters. The van der Waals surface area contributed by atoms with E-state index in [2.05, 4.69) is 20.6 Å². The summed E-state index contributed by atoms with van der Waals surface area (Å²) in [5.74, 6) is 1.33. The minimum Gasteiger partial charge on any atom is -0.355 e. The molecule has 0 spiro atoms. The van der Waals surface area contributed by atoms with Crippen LogP contribution >= 0.6 is 35.7 Å². The molecule has 1 aromatic carbocycles. The molecule has 0 aliphatic heterocycles. The van der Waals surface area contributed by atoms with E-state index in [1.54, 1.807) is 37.4 Å². The number of imidazole rings is 1. The Hall–Kier alpha value is -1.29. The summed E-state index contributed by atoms with van der Waals surface area (Å²) in [4.78, 5) is 8.21. The number of benzene rings is 1. The van der Waals surface area contributed by atoms with Gasteiger partial charge < -0.3 is 15.2 Å². The molecule has 1 aromatic heterocycles. The maximum Gasteiger partial charge on any atom is 0.191 e. The highest BCUT2D eigenvalue weighted by atomic mass is 127. The van der Waals surface area contributed by atoms with Crippen molar-refractivity contribution in [3.05, 3.63) is 53.9 Å². The van der Waals surface area contributed by atoms with Crippen LogP contribution in [-0.4, -0.2) is 35.4 Å². The van der Waals surface area contributed by atoms with Crippen molar-refractivity contribution < 1.29 is 4.39 Å². The first kappa shape index (κ1) is 20.8. The van der Waals surface area contributed by atoms with E-state index < -0.39 is 0 Å². The lowest BCUT2D eigenvalue weighted by Gasteiger charge is -2.14. The number of guanidine groups is 1. The molecule has 2 rings (SSSR count). The summed E-state index contributed by atoms with van der Waals surface area (Å²) >= 11 is 1.68. The number of hydrogen-bond donors (Lipinski definition) is 2. The van der Waals surface area contributed by atoms with Crippen LogP contribution in [0.15, 0.2) is 41.9 Å². The van der Waals surface area contributed by atoms with Gasteiger partial charge in [-0.05, 0) is 29.5 Å². The Morgan fingerprint density at radius 3 is 2.83 bits per heavy atom. The predicted octanol–water partition coefficient (Wildman–Crippen LogP) is 2.87. The Labute approximate surface area is 163 Å². The molecule has 5 nitrogen and oxygen atoms in total. The highest BCUT2D eigenvalue weighted by Crippen LogP contribution is 2.16. The molecule has 0 aliphatic rings. The van der Waals surface area contributed by atoms with Crippen LogP contribution in [0.25, 0.3) is 0 Å². The fourth-order valence-electron chi connectivity index (χ4n) is 2.18. The minimum atomic E-state index is -0.194. The van der Waals surface area contributed by atoms with E-state index in [1.807, 2.05) is 23.1 Å². The average Bonchev–Trinajstić information content (AvgIpc) is 3.06. The van der Waals surface area contributed by atoms with E-state index in [0.29, 0.717) is 6.54 Å². The molecule has 2 N–H and O–H groups in total. The Balaban J connectivity index is 0.00000288. The molecular weight excluding hydrogens is 440 g/mol. The minimum absolute atomic E-state index is 0. The van der Waals surface area contributed by atoms with Crippen molar-refractivity contribution in [2.45, 2.75) is 18.8 Å². The number of nitrogens with one attached hydrogen (secondary N) is 2. The van der Waals surface area contributed by atoms with Crippen molar-refractivity contribution in [2.24, 2.45) is 4.99 Å². The maximum atomic E-state index is 13.4. The lowest BCUT2D eigenvalue weighted by atomic mass is 10.1. The van der Waals surface area contributed by atoms with E-state index in [1.165, 1.54) is 6.07 Å². The number of aliphatic imine (C=N–C) groups is 1. The van der Waals surface area contributed by atoms with Crippen LogP contribution in [0.5, 0.6) is 0 Å². The third kappa shape index (κ3) is 6.68. The van der Waals surface area contributed by atoms with Crippen molar-refractivity contribution in [3.63, 3.8) is 0 Å². The first-order valence-electron chi connectivity index (χ1n) is 7.39. The molecule has 0 bridgehead atoms. The number of thioether (sulfide) groups is 1. The van der Waals surface area contributed by atoms with E-state index in [4.69, 9.17) is 0 Å². The highest BCUT2D eigenvalue weighted by molar-refractivity contribution is 14.0. The van der Waals surface area contributed by atoms with Gasteiger partial charge in [0.15, 0.2) is 5.96 Å². The molecule has 0 amide bonds. The van der Waals surface area contributed by atoms with Crippen molar-refractivity contribution in [1.82, 2.24) is 20.2 Å². The van der Waals surface area contributed by atoms with E-state index in [-0.39, 0.29) is 29.8 Å². The lowest BCUT2D eigenvalue weighted by Crippen LogP contribution is -2.38. The van der Waals surface area contributed by atoms with E-state index in [0.717, 1.165) is 35.9 Å². The Morgan fingerprint density at radius 2 is 2.17 bits per heavy atom. The van der Waals surface area contributed by atoms with Gasteiger partial charge in [-0.15, -0.1) is 24.0 Å². The zero-order valence-electron chi connectivity index (χ0n) is 13.8. The molecule has 8 heteroatoms. The number of nitrogens with zero attached hydrogens (tertiary/aromatic N) is 3. The average molecular weight is 463 g/mol. The molecule has 132 valence electrons. The van der Waals surface area contributed by atoms with Gasteiger partial charge in [0.25, 0.3) is 0 Å². The summed E-state index contributed by atoms with van der Waals surface area (Å²) < 4.78 is 15.4.